The lowest BCUT2D eigenvalue weighted by molar-refractivity contribution is -0.384. The van der Waals surface area contributed by atoms with Gasteiger partial charge in [0.2, 0.25) is 0 Å². The van der Waals surface area contributed by atoms with Crippen LogP contribution in [0.25, 0.3) is 0 Å². The van der Waals surface area contributed by atoms with Gasteiger partial charge in [0.25, 0.3) is 5.69 Å². The minimum Gasteiger partial charge on any atom is -0.378 e. The Hall–Kier alpha value is -2.43. The highest BCUT2D eigenvalue weighted by Crippen LogP contribution is 2.64. The predicted molar refractivity (Wildman–Crippen MR) is 92.9 cm³/mol. The van der Waals surface area contributed by atoms with Crippen LogP contribution in [-0.4, -0.2) is 4.92 Å². The Bertz CT molecular complexity index is 869. The lowest BCUT2D eigenvalue weighted by Crippen LogP contribution is -2.35. The van der Waals surface area contributed by atoms with Crippen LogP contribution < -0.4 is 5.32 Å². The van der Waals surface area contributed by atoms with Crippen molar-refractivity contribution in [2.24, 2.45) is 17.8 Å². The van der Waals surface area contributed by atoms with Crippen molar-refractivity contribution < 1.29 is 9.31 Å². The van der Waals surface area contributed by atoms with Gasteiger partial charge in [0, 0.05) is 23.4 Å². The first-order chi connectivity index (χ1) is 12.1. The van der Waals surface area contributed by atoms with E-state index in [0.29, 0.717) is 29.2 Å². The number of hydrogen-bond donors (Lipinski definition) is 1. The molecule has 2 aromatic rings. The van der Waals surface area contributed by atoms with Crippen LogP contribution in [0, 0.1) is 33.7 Å². The summed E-state index contributed by atoms with van der Waals surface area (Å²) in [5.74, 6) is 1.56. The van der Waals surface area contributed by atoms with Gasteiger partial charge in [-0.3, -0.25) is 10.1 Å². The Morgan fingerprint density at radius 3 is 2.68 bits per heavy atom. The van der Waals surface area contributed by atoms with Crippen molar-refractivity contribution in [3.63, 3.8) is 0 Å². The van der Waals surface area contributed by atoms with Crippen molar-refractivity contribution in [1.29, 1.82) is 0 Å². The van der Waals surface area contributed by atoms with Gasteiger partial charge in [-0.15, -0.1) is 0 Å². The van der Waals surface area contributed by atoms with Crippen LogP contribution in [0.4, 0.5) is 15.8 Å². The number of anilines is 1. The Morgan fingerprint density at radius 2 is 1.88 bits per heavy atom. The monoisotopic (exact) mass is 338 g/mol. The van der Waals surface area contributed by atoms with Crippen molar-refractivity contribution >= 4 is 11.4 Å². The second kappa shape index (κ2) is 5.28. The molecule has 0 spiro atoms. The zero-order chi connectivity index (χ0) is 17.1. The summed E-state index contributed by atoms with van der Waals surface area (Å²) in [5, 5.41) is 14.7. The van der Waals surface area contributed by atoms with Crippen LogP contribution in [0.1, 0.15) is 42.3 Å². The van der Waals surface area contributed by atoms with Crippen molar-refractivity contribution in [3.8, 4) is 0 Å². The van der Waals surface area contributed by atoms with Crippen LogP contribution in [0.2, 0.25) is 0 Å². The van der Waals surface area contributed by atoms with E-state index in [-0.39, 0.29) is 22.5 Å². The number of nitro benzene ring substituents is 1. The third kappa shape index (κ3) is 2.11. The van der Waals surface area contributed by atoms with Crippen molar-refractivity contribution in [2.75, 3.05) is 5.32 Å². The summed E-state index contributed by atoms with van der Waals surface area (Å²) in [7, 11) is 0. The summed E-state index contributed by atoms with van der Waals surface area (Å²) >= 11 is 0. The van der Waals surface area contributed by atoms with E-state index < -0.39 is 0 Å². The predicted octanol–water partition coefficient (Wildman–Crippen LogP) is 5.03. The topological polar surface area (TPSA) is 55.2 Å². The highest BCUT2D eigenvalue weighted by Gasteiger charge is 2.54. The Balaban J connectivity index is 1.65. The number of nitrogens with zero attached hydrogens (tertiary/aromatic N) is 1. The first kappa shape index (κ1) is 14.9. The molecule has 0 unspecified atom stereocenters. The number of nitro groups is 1. The van der Waals surface area contributed by atoms with Crippen LogP contribution in [0.3, 0.4) is 0 Å². The molecule has 2 bridgehead atoms. The highest BCUT2D eigenvalue weighted by atomic mass is 19.1. The van der Waals surface area contributed by atoms with Crippen LogP contribution in [0.5, 0.6) is 0 Å². The van der Waals surface area contributed by atoms with E-state index in [2.05, 4.69) is 5.32 Å². The first-order valence-electron chi connectivity index (χ1n) is 8.93. The van der Waals surface area contributed by atoms with E-state index in [1.54, 1.807) is 18.2 Å². The smallest absolute Gasteiger partial charge is 0.269 e. The molecule has 128 valence electrons. The zero-order valence-corrected chi connectivity index (χ0v) is 13.7. The van der Waals surface area contributed by atoms with Gasteiger partial charge in [-0.2, -0.15) is 0 Å². The molecule has 0 saturated heterocycles. The maximum absolute atomic E-state index is 14.5. The van der Waals surface area contributed by atoms with Crippen LogP contribution in [0.15, 0.2) is 42.5 Å². The van der Waals surface area contributed by atoms with Gasteiger partial charge in [0.05, 0.1) is 11.0 Å². The molecular weight excluding hydrogens is 319 g/mol. The van der Waals surface area contributed by atoms with E-state index in [9.17, 15) is 14.5 Å². The van der Waals surface area contributed by atoms with E-state index in [0.717, 1.165) is 17.7 Å². The van der Waals surface area contributed by atoms with Crippen LogP contribution in [-0.2, 0) is 0 Å². The SMILES string of the molecule is O=[N+]([O-])c1ccc2c(c1)[C@H]1[C@H]3CC[C@H](C3)[C@H]1[C@@H](c1ccccc1F)N2. The van der Waals surface area contributed by atoms with Crippen molar-refractivity contribution in [3.05, 3.63) is 69.5 Å². The molecule has 1 N–H and O–H groups in total. The van der Waals surface area contributed by atoms with Gasteiger partial charge in [0.15, 0.2) is 0 Å². The van der Waals surface area contributed by atoms with E-state index >= 15 is 0 Å². The third-order valence-electron chi connectivity index (χ3n) is 6.52. The van der Waals surface area contributed by atoms with Crippen LogP contribution >= 0.6 is 0 Å². The maximum Gasteiger partial charge on any atom is 0.269 e. The zero-order valence-electron chi connectivity index (χ0n) is 13.7. The standard InChI is InChI=1S/C20H19FN2O2/c21-16-4-2-1-3-14(16)20-19-12-6-5-11(9-12)18(19)15-10-13(23(24)25)7-8-17(15)22-20/h1-4,7-8,10-12,18-20,22H,5-6,9H2/t11-,12+,18+,19+,20+/m0/s1. The Labute approximate surface area is 145 Å². The summed E-state index contributed by atoms with van der Waals surface area (Å²) in [6, 6.07) is 12.0. The van der Waals surface area contributed by atoms with E-state index in [1.165, 1.54) is 25.0 Å². The molecule has 5 heteroatoms. The molecular formula is C20H19FN2O2. The molecule has 5 rings (SSSR count). The minimum absolute atomic E-state index is 0.0598. The average molecular weight is 338 g/mol. The fourth-order valence-corrected chi connectivity index (χ4v) is 5.62. The van der Waals surface area contributed by atoms with Gasteiger partial charge < -0.3 is 5.32 Å². The molecule has 5 atom stereocenters. The fourth-order valence-electron chi connectivity index (χ4n) is 5.62. The number of hydrogen-bond acceptors (Lipinski definition) is 3. The number of benzene rings is 2. The molecule has 2 fully saturated rings. The molecule has 3 aliphatic rings. The minimum atomic E-state index is -0.328. The highest BCUT2D eigenvalue weighted by molar-refractivity contribution is 5.62. The molecule has 4 nitrogen and oxygen atoms in total. The summed E-state index contributed by atoms with van der Waals surface area (Å²) in [4.78, 5) is 10.9. The molecule has 0 amide bonds. The van der Waals surface area contributed by atoms with Gasteiger partial charge >= 0.3 is 0 Å². The fraction of sp³-hybridized carbons (Fsp3) is 0.400. The maximum atomic E-state index is 14.5. The summed E-state index contributed by atoms with van der Waals surface area (Å²) < 4.78 is 14.5. The lowest BCUT2D eigenvalue weighted by atomic mass is 9.68. The largest absolute Gasteiger partial charge is 0.378 e. The van der Waals surface area contributed by atoms with Crippen molar-refractivity contribution in [2.45, 2.75) is 31.2 Å². The molecule has 2 aromatic carbocycles. The number of halogens is 1. The summed E-state index contributed by atoms with van der Waals surface area (Å²) in [6.07, 6.45) is 3.52. The molecule has 2 aliphatic carbocycles. The second-order valence-electron chi connectivity index (χ2n) is 7.61. The van der Waals surface area contributed by atoms with E-state index in [4.69, 9.17) is 0 Å². The van der Waals surface area contributed by atoms with Gasteiger partial charge in [-0.25, -0.2) is 4.39 Å². The molecule has 1 heterocycles. The van der Waals surface area contributed by atoms with Gasteiger partial charge in [0.1, 0.15) is 5.82 Å². The number of nitrogens with one attached hydrogen (secondary N) is 1. The summed E-state index contributed by atoms with van der Waals surface area (Å²) in [5.41, 5.74) is 2.84. The molecule has 2 saturated carbocycles. The second-order valence-corrected chi connectivity index (χ2v) is 7.61. The summed E-state index contributed by atoms with van der Waals surface area (Å²) in [6.45, 7) is 0. The average Bonchev–Trinajstić information content (AvgIpc) is 3.23. The molecule has 25 heavy (non-hydrogen) atoms. The number of rotatable bonds is 2. The molecule has 1 aliphatic heterocycles. The van der Waals surface area contributed by atoms with Gasteiger partial charge in [-0.05, 0) is 60.6 Å². The van der Waals surface area contributed by atoms with Crippen molar-refractivity contribution in [1.82, 2.24) is 0 Å². The Morgan fingerprint density at radius 1 is 1.08 bits per heavy atom. The third-order valence-corrected chi connectivity index (χ3v) is 6.52. The number of non-ortho nitro benzene ring substituents is 1. The van der Waals surface area contributed by atoms with Gasteiger partial charge in [-0.1, -0.05) is 18.2 Å². The first-order valence-corrected chi connectivity index (χ1v) is 8.93. The van der Waals surface area contributed by atoms with E-state index in [1.807, 2.05) is 12.1 Å². The normalized spacial score (nSPS) is 32.0. The Kier molecular flexibility index (Phi) is 3.14. The molecule has 0 radical (unpaired) electrons. The quantitative estimate of drug-likeness (QED) is 0.617. The molecule has 0 aromatic heterocycles. The number of fused-ring (bicyclic) bond motifs is 7. The lowest BCUT2D eigenvalue weighted by Gasteiger charge is -2.43.